The number of halogens is 1. The summed E-state index contributed by atoms with van der Waals surface area (Å²) in [5, 5.41) is 4.77. The quantitative estimate of drug-likeness (QED) is 0.770. The van der Waals surface area contributed by atoms with Gasteiger partial charge in [0.2, 0.25) is 11.6 Å². The fraction of sp³-hybridized carbons (Fsp3) is 0.389. The maximum atomic E-state index is 13.0. The molecule has 8 nitrogen and oxygen atoms in total. The highest BCUT2D eigenvalue weighted by Gasteiger charge is 2.11. The van der Waals surface area contributed by atoms with E-state index in [4.69, 9.17) is 10.5 Å². The van der Waals surface area contributed by atoms with Crippen LogP contribution < -0.4 is 27.0 Å². The Morgan fingerprint density at radius 1 is 1.37 bits per heavy atom. The Bertz CT molecular complexity index is 1080. The van der Waals surface area contributed by atoms with Gasteiger partial charge in [0.15, 0.2) is 0 Å². The molecule has 0 spiro atoms. The minimum absolute atomic E-state index is 0.214. The van der Waals surface area contributed by atoms with E-state index < -0.39 is 0 Å². The summed E-state index contributed by atoms with van der Waals surface area (Å²) in [5.74, 6) is 0.944. The Balaban J connectivity index is 2.24. The molecule has 1 aliphatic heterocycles. The zero-order valence-corrected chi connectivity index (χ0v) is 17.1. The van der Waals surface area contributed by atoms with E-state index in [0.29, 0.717) is 31.8 Å². The van der Waals surface area contributed by atoms with Gasteiger partial charge < -0.3 is 15.0 Å². The summed E-state index contributed by atoms with van der Waals surface area (Å²) < 4.78 is 11.0. The molecule has 0 radical (unpaired) electrons. The van der Waals surface area contributed by atoms with Crippen LogP contribution in [-0.2, 0) is 19.6 Å². The van der Waals surface area contributed by atoms with Gasteiger partial charge in [0, 0.05) is 19.6 Å². The van der Waals surface area contributed by atoms with Crippen molar-refractivity contribution in [1.29, 1.82) is 0 Å². The number of nitrogens with two attached hydrogens (primary N) is 1. The van der Waals surface area contributed by atoms with E-state index in [0.717, 1.165) is 22.2 Å². The van der Waals surface area contributed by atoms with Gasteiger partial charge in [-0.2, -0.15) is 0 Å². The lowest BCUT2D eigenvalue weighted by Crippen LogP contribution is -2.49. The average molecular weight is 435 g/mol. The van der Waals surface area contributed by atoms with Crippen molar-refractivity contribution in [3.63, 3.8) is 0 Å². The molecular formula is C18H23BrN6O2. The molecule has 2 heterocycles. The normalized spacial score (nSPS) is 12.9. The highest BCUT2D eigenvalue weighted by Crippen LogP contribution is 2.25. The Labute approximate surface area is 165 Å². The van der Waals surface area contributed by atoms with Crippen LogP contribution in [0.4, 0.5) is 5.95 Å². The first-order valence-corrected chi connectivity index (χ1v) is 9.52. The van der Waals surface area contributed by atoms with Crippen molar-refractivity contribution >= 4 is 28.5 Å². The van der Waals surface area contributed by atoms with Gasteiger partial charge in [-0.1, -0.05) is 12.6 Å². The van der Waals surface area contributed by atoms with Crippen LogP contribution in [0, 0.1) is 0 Å². The Hall–Kier alpha value is -2.55. The maximum Gasteiger partial charge on any atom is 0.276 e. The highest BCUT2D eigenvalue weighted by atomic mass is 79.9. The molecule has 9 heteroatoms. The van der Waals surface area contributed by atoms with Crippen LogP contribution in [0.1, 0.15) is 18.9 Å². The Morgan fingerprint density at radius 2 is 2.15 bits per heavy atom. The number of anilines is 1. The van der Waals surface area contributed by atoms with Crippen LogP contribution in [0.2, 0.25) is 0 Å². The van der Waals surface area contributed by atoms with Gasteiger partial charge in [0.25, 0.3) is 5.56 Å². The molecule has 1 aromatic heterocycles. The second-order valence-corrected chi connectivity index (χ2v) is 7.02. The minimum atomic E-state index is -0.228. The number of aryl methyl sites for hydroxylation is 1. The van der Waals surface area contributed by atoms with Crippen molar-refractivity contribution in [2.45, 2.75) is 33.0 Å². The summed E-state index contributed by atoms with van der Waals surface area (Å²) in [6.45, 7) is 8.05. The van der Waals surface area contributed by atoms with E-state index in [1.165, 1.54) is 0 Å². The van der Waals surface area contributed by atoms with Crippen molar-refractivity contribution in [2.75, 3.05) is 19.4 Å². The van der Waals surface area contributed by atoms with Gasteiger partial charge in [-0.25, -0.2) is 4.68 Å². The second kappa shape index (κ2) is 7.99. The van der Waals surface area contributed by atoms with E-state index in [2.05, 4.69) is 32.6 Å². The predicted octanol–water partition coefficient (Wildman–Crippen LogP) is 0.826. The lowest BCUT2D eigenvalue weighted by molar-refractivity contribution is 0.412. The summed E-state index contributed by atoms with van der Waals surface area (Å²) >= 11 is 3.48. The molecule has 0 saturated heterocycles. The van der Waals surface area contributed by atoms with Crippen molar-refractivity contribution in [1.82, 2.24) is 18.9 Å². The molecule has 0 fully saturated rings. The fourth-order valence-electron chi connectivity index (χ4n) is 3.03. The second-order valence-electron chi connectivity index (χ2n) is 6.17. The van der Waals surface area contributed by atoms with E-state index in [1.54, 1.807) is 20.9 Å². The standard InChI is InChI=1S/C18H23BrN6O2/c1-4-23-16(26)12(2)24(11-13-6-7-15(27-3)14(19)10-13)17(20)22-25-9-5-8-21-18(23)25/h6-7,10H,2,4-5,8-9,11H2,1,3H3,(H2,20,22). The number of nitrogen functional groups attached to an aromatic ring is 1. The summed E-state index contributed by atoms with van der Waals surface area (Å²) in [6, 6.07) is 5.70. The van der Waals surface area contributed by atoms with Crippen molar-refractivity contribution in [3.05, 3.63) is 49.6 Å². The predicted molar refractivity (Wildman–Crippen MR) is 108 cm³/mol. The molecule has 0 amide bonds. The van der Waals surface area contributed by atoms with E-state index in [1.807, 2.05) is 25.1 Å². The number of nitrogens with zero attached hydrogens (tertiary/aromatic N) is 5. The lowest BCUT2D eigenvalue weighted by Gasteiger charge is -2.16. The van der Waals surface area contributed by atoms with Crippen molar-refractivity contribution in [2.24, 2.45) is 4.99 Å². The molecule has 1 aromatic carbocycles. The molecule has 27 heavy (non-hydrogen) atoms. The molecule has 0 bridgehead atoms. The third-order valence-corrected chi connectivity index (χ3v) is 5.06. The van der Waals surface area contributed by atoms with Crippen LogP contribution in [0.3, 0.4) is 0 Å². The molecule has 3 rings (SSSR count). The summed E-state index contributed by atoms with van der Waals surface area (Å²) in [6.07, 6.45) is 0.860. The lowest BCUT2D eigenvalue weighted by atomic mass is 10.2. The zero-order valence-electron chi connectivity index (χ0n) is 15.5. The van der Waals surface area contributed by atoms with Crippen molar-refractivity contribution in [3.8, 4) is 5.75 Å². The van der Waals surface area contributed by atoms with Gasteiger partial charge in [0.05, 0.1) is 18.1 Å². The zero-order chi connectivity index (χ0) is 19.6. The molecule has 2 N–H and O–H groups in total. The van der Waals surface area contributed by atoms with Gasteiger partial charge in [-0.15, -0.1) is 5.10 Å². The van der Waals surface area contributed by atoms with Crippen LogP contribution in [0.25, 0.3) is 6.58 Å². The summed E-state index contributed by atoms with van der Waals surface area (Å²) in [4.78, 5) is 17.5. The number of ether oxygens (including phenoxy) is 1. The third-order valence-electron chi connectivity index (χ3n) is 4.44. The Kier molecular flexibility index (Phi) is 5.69. The average Bonchev–Trinajstić information content (AvgIpc) is 2.66. The van der Waals surface area contributed by atoms with Crippen LogP contribution in [-0.4, -0.2) is 32.6 Å². The number of methoxy groups -OCH3 is 1. The largest absolute Gasteiger partial charge is 0.496 e. The van der Waals surface area contributed by atoms with Crippen LogP contribution in [0.5, 0.6) is 5.75 Å². The van der Waals surface area contributed by atoms with E-state index >= 15 is 0 Å². The number of benzene rings is 1. The number of hydrogen-bond donors (Lipinski definition) is 1. The molecule has 1 aliphatic rings. The molecule has 0 unspecified atom stereocenters. The highest BCUT2D eigenvalue weighted by molar-refractivity contribution is 9.10. The molecule has 0 saturated carbocycles. The first kappa shape index (κ1) is 19.2. The van der Waals surface area contributed by atoms with E-state index in [9.17, 15) is 4.79 Å². The fourth-order valence-corrected chi connectivity index (χ4v) is 3.62. The summed E-state index contributed by atoms with van der Waals surface area (Å²) in [7, 11) is 1.61. The van der Waals surface area contributed by atoms with Crippen LogP contribution >= 0.6 is 15.9 Å². The SMILES string of the molecule is C=c1c(=O)n(CC)c2n(nc(N)n1Cc1ccc(OC)c(Br)c1)CCCN=2. The number of aromatic nitrogens is 4. The van der Waals surface area contributed by atoms with E-state index in [-0.39, 0.29) is 16.9 Å². The maximum absolute atomic E-state index is 13.0. The minimum Gasteiger partial charge on any atom is -0.496 e. The van der Waals surface area contributed by atoms with Crippen molar-refractivity contribution < 1.29 is 4.74 Å². The Morgan fingerprint density at radius 3 is 2.81 bits per heavy atom. The summed E-state index contributed by atoms with van der Waals surface area (Å²) in [5.41, 5.74) is 7.49. The van der Waals surface area contributed by atoms with Gasteiger partial charge in [0.1, 0.15) is 11.1 Å². The molecule has 0 atom stereocenters. The number of rotatable bonds is 4. The first-order chi connectivity index (χ1) is 13.0. The van der Waals surface area contributed by atoms with Gasteiger partial charge in [-0.3, -0.25) is 14.4 Å². The number of fused-ring (bicyclic) bond motifs is 1. The topological polar surface area (TPSA) is 92.4 Å². The van der Waals surface area contributed by atoms with Crippen LogP contribution in [0.15, 0.2) is 32.5 Å². The molecular weight excluding hydrogens is 412 g/mol. The molecule has 144 valence electrons. The third kappa shape index (κ3) is 3.78. The molecule has 0 aliphatic carbocycles. The smallest absolute Gasteiger partial charge is 0.276 e. The van der Waals surface area contributed by atoms with Gasteiger partial charge >= 0.3 is 0 Å². The monoisotopic (exact) mass is 434 g/mol. The number of hydrogen-bond acceptors (Lipinski definition) is 5. The molecule has 2 aromatic rings. The van der Waals surface area contributed by atoms with Gasteiger partial charge in [-0.05, 0) is 47.0 Å². The first-order valence-electron chi connectivity index (χ1n) is 8.73.